The van der Waals surface area contributed by atoms with E-state index in [4.69, 9.17) is 0 Å². The number of amides is 3. The summed E-state index contributed by atoms with van der Waals surface area (Å²) in [7, 11) is 0. The minimum absolute atomic E-state index is 0.0573. The van der Waals surface area contributed by atoms with Crippen molar-refractivity contribution in [1.29, 1.82) is 0 Å². The zero-order valence-corrected chi connectivity index (χ0v) is 26.0. The molecule has 0 aliphatic carbocycles. The van der Waals surface area contributed by atoms with Crippen molar-refractivity contribution in [2.75, 3.05) is 10.6 Å². The van der Waals surface area contributed by atoms with Crippen LogP contribution in [0.3, 0.4) is 0 Å². The van der Waals surface area contributed by atoms with Crippen molar-refractivity contribution in [3.63, 3.8) is 0 Å². The molecule has 6 rings (SSSR count). The Balaban J connectivity index is 1.22. The highest BCUT2D eigenvalue weighted by molar-refractivity contribution is 8.00. The predicted molar refractivity (Wildman–Crippen MR) is 189 cm³/mol. The summed E-state index contributed by atoms with van der Waals surface area (Å²) < 4.78 is 0. The number of anilines is 2. The molecule has 1 aromatic heterocycles. The van der Waals surface area contributed by atoms with Crippen LogP contribution in [0.4, 0.5) is 11.4 Å². The van der Waals surface area contributed by atoms with Crippen LogP contribution < -0.4 is 16.0 Å². The summed E-state index contributed by atoms with van der Waals surface area (Å²) in [6, 6.07) is 42.9. The highest BCUT2D eigenvalue weighted by Crippen LogP contribution is 2.37. The molecule has 47 heavy (non-hydrogen) atoms. The highest BCUT2D eigenvalue weighted by atomic mass is 32.2. The fourth-order valence-electron chi connectivity index (χ4n) is 4.93. The number of thioether (sulfide) groups is 1. The molecule has 3 N–H and O–H groups in total. The van der Waals surface area contributed by atoms with Gasteiger partial charge in [0.05, 0.1) is 0 Å². The number of hydrogen-bond donors (Lipinski definition) is 3. The number of hydrogen-bond acceptors (Lipinski definition) is 5. The van der Waals surface area contributed by atoms with Crippen molar-refractivity contribution in [3.05, 3.63) is 174 Å². The molecule has 6 aromatic rings. The van der Waals surface area contributed by atoms with E-state index in [1.165, 1.54) is 11.8 Å². The first-order valence-electron chi connectivity index (χ1n) is 14.9. The third-order valence-corrected chi connectivity index (χ3v) is 8.48. The lowest BCUT2D eigenvalue weighted by molar-refractivity contribution is -0.116. The Morgan fingerprint density at radius 1 is 0.660 bits per heavy atom. The van der Waals surface area contributed by atoms with E-state index in [1.807, 2.05) is 97.1 Å². The van der Waals surface area contributed by atoms with E-state index in [-0.39, 0.29) is 11.6 Å². The normalized spacial score (nSPS) is 11.8. The SMILES string of the molecule is O=C(Nc1cccc(SC(C(=O)Nc2ccc3ccccc3c2)c2ccccc2)c1)/C(=C/c1cccnc1)NC(=O)c1ccccc1. The number of nitrogens with zero attached hydrogens (tertiary/aromatic N) is 1. The molecule has 1 unspecified atom stereocenters. The van der Waals surface area contributed by atoms with Crippen LogP contribution in [0, 0.1) is 0 Å². The van der Waals surface area contributed by atoms with E-state index in [2.05, 4.69) is 20.9 Å². The van der Waals surface area contributed by atoms with Crippen LogP contribution >= 0.6 is 11.8 Å². The number of benzene rings is 5. The van der Waals surface area contributed by atoms with Crippen LogP contribution in [-0.4, -0.2) is 22.7 Å². The van der Waals surface area contributed by atoms with Crippen LogP contribution in [0.15, 0.2) is 163 Å². The average Bonchev–Trinajstić information content (AvgIpc) is 3.11. The first-order valence-corrected chi connectivity index (χ1v) is 15.8. The molecule has 8 heteroatoms. The summed E-state index contributed by atoms with van der Waals surface area (Å²) in [5.74, 6) is -1.09. The summed E-state index contributed by atoms with van der Waals surface area (Å²) in [4.78, 5) is 45.2. The van der Waals surface area contributed by atoms with Gasteiger partial charge in [-0.1, -0.05) is 91.0 Å². The van der Waals surface area contributed by atoms with Crippen LogP contribution in [-0.2, 0) is 9.59 Å². The van der Waals surface area contributed by atoms with Crippen molar-refractivity contribution in [2.24, 2.45) is 0 Å². The summed E-state index contributed by atoms with van der Waals surface area (Å²) in [5.41, 5.74) is 3.19. The van der Waals surface area contributed by atoms with Gasteiger partial charge in [0.1, 0.15) is 10.9 Å². The maximum Gasteiger partial charge on any atom is 0.272 e. The molecular weight excluding hydrogens is 605 g/mol. The van der Waals surface area contributed by atoms with Crippen molar-refractivity contribution < 1.29 is 14.4 Å². The minimum Gasteiger partial charge on any atom is -0.325 e. The van der Waals surface area contributed by atoms with Crippen LogP contribution in [0.5, 0.6) is 0 Å². The molecule has 7 nitrogen and oxygen atoms in total. The molecule has 0 radical (unpaired) electrons. The number of carbonyl (C=O) groups is 3. The van der Waals surface area contributed by atoms with E-state index in [9.17, 15) is 14.4 Å². The lowest BCUT2D eigenvalue weighted by atomic mass is 10.1. The number of rotatable bonds is 10. The molecule has 3 amide bonds. The molecule has 230 valence electrons. The quantitative estimate of drug-likeness (QED) is 0.104. The summed E-state index contributed by atoms with van der Waals surface area (Å²) in [5, 5.41) is 10.3. The largest absolute Gasteiger partial charge is 0.325 e. The summed E-state index contributed by atoms with van der Waals surface area (Å²) >= 11 is 1.38. The molecule has 1 heterocycles. The van der Waals surface area contributed by atoms with Gasteiger partial charge in [-0.2, -0.15) is 0 Å². The second-order valence-corrected chi connectivity index (χ2v) is 11.8. The Hall–Kier alpha value is -5.99. The van der Waals surface area contributed by atoms with Gasteiger partial charge in [-0.05, 0) is 76.5 Å². The Kier molecular flexibility index (Phi) is 9.81. The van der Waals surface area contributed by atoms with E-state index in [1.54, 1.807) is 60.9 Å². The van der Waals surface area contributed by atoms with Gasteiger partial charge in [0.15, 0.2) is 0 Å². The lowest BCUT2D eigenvalue weighted by Gasteiger charge is -2.18. The van der Waals surface area contributed by atoms with Gasteiger partial charge >= 0.3 is 0 Å². The Labute approximate surface area is 276 Å². The maximum atomic E-state index is 13.7. The molecule has 0 bridgehead atoms. The number of pyridine rings is 1. The van der Waals surface area contributed by atoms with Gasteiger partial charge in [-0.25, -0.2) is 0 Å². The second-order valence-electron chi connectivity index (χ2n) is 10.6. The monoisotopic (exact) mass is 634 g/mol. The molecule has 0 aliphatic heterocycles. The number of nitrogens with one attached hydrogen (secondary N) is 3. The first-order chi connectivity index (χ1) is 23.0. The van der Waals surface area contributed by atoms with Gasteiger partial charge in [0.2, 0.25) is 5.91 Å². The standard InChI is InChI=1S/C39H30N4O3S/c44-37(30-15-5-2-6-16-30)43-35(23-27-11-10-22-40-26-27)38(45)41-32-18-9-19-34(25-32)47-36(29-13-3-1-4-14-29)39(46)42-33-21-20-28-12-7-8-17-31(28)24-33/h1-26,36H,(H,41,45)(H,42,46)(H,43,44)/b35-23-. The molecule has 0 aliphatic rings. The zero-order chi connectivity index (χ0) is 32.4. The van der Waals surface area contributed by atoms with Crippen LogP contribution in [0.1, 0.15) is 26.7 Å². The van der Waals surface area contributed by atoms with Crippen molar-refractivity contribution in [1.82, 2.24) is 10.3 Å². The third-order valence-electron chi connectivity index (χ3n) is 7.23. The summed E-state index contributed by atoms with van der Waals surface area (Å²) in [6.45, 7) is 0. The summed E-state index contributed by atoms with van der Waals surface area (Å²) in [6.07, 6.45) is 4.81. The molecular formula is C39H30N4O3S. The van der Waals surface area contributed by atoms with E-state index >= 15 is 0 Å². The van der Waals surface area contributed by atoms with Crippen LogP contribution in [0.25, 0.3) is 16.8 Å². The second kappa shape index (κ2) is 14.9. The molecule has 0 spiro atoms. The first kappa shape index (κ1) is 31.0. The van der Waals surface area contributed by atoms with Gasteiger partial charge in [0.25, 0.3) is 11.8 Å². The minimum atomic E-state index is -0.570. The van der Waals surface area contributed by atoms with Gasteiger partial charge in [0, 0.05) is 34.2 Å². The average molecular weight is 635 g/mol. The fourth-order valence-corrected chi connectivity index (χ4v) is 6.01. The molecule has 0 fully saturated rings. The number of aromatic nitrogens is 1. The van der Waals surface area contributed by atoms with Crippen LogP contribution in [0.2, 0.25) is 0 Å². The zero-order valence-electron chi connectivity index (χ0n) is 25.2. The fraction of sp³-hybridized carbons (Fsp3) is 0.0256. The third kappa shape index (κ3) is 8.19. The van der Waals surface area contributed by atoms with Crippen molar-refractivity contribution >= 4 is 57.7 Å². The predicted octanol–water partition coefficient (Wildman–Crippen LogP) is 8.12. The van der Waals surface area contributed by atoms with Crippen molar-refractivity contribution in [2.45, 2.75) is 10.1 Å². The topological polar surface area (TPSA) is 100 Å². The number of fused-ring (bicyclic) bond motifs is 1. The Morgan fingerprint density at radius 2 is 1.38 bits per heavy atom. The molecule has 0 saturated heterocycles. The van der Waals surface area contributed by atoms with Gasteiger partial charge in [-0.3, -0.25) is 19.4 Å². The smallest absolute Gasteiger partial charge is 0.272 e. The molecule has 1 atom stereocenters. The lowest BCUT2D eigenvalue weighted by Crippen LogP contribution is -2.30. The van der Waals surface area contributed by atoms with Gasteiger partial charge in [-0.15, -0.1) is 11.8 Å². The van der Waals surface area contributed by atoms with E-state index in [0.29, 0.717) is 22.5 Å². The maximum absolute atomic E-state index is 13.7. The molecule has 0 saturated carbocycles. The Morgan fingerprint density at radius 3 is 2.15 bits per heavy atom. The van der Waals surface area contributed by atoms with E-state index < -0.39 is 17.1 Å². The van der Waals surface area contributed by atoms with Crippen molar-refractivity contribution in [3.8, 4) is 0 Å². The molecule has 5 aromatic carbocycles. The Bertz CT molecular complexity index is 2050. The van der Waals surface area contributed by atoms with Gasteiger partial charge < -0.3 is 16.0 Å². The van der Waals surface area contributed by atoms with E-state index in [0.717, 1.165) is 21.2 Å². The number of carbonyl (C=O) groups excluding carboxylic acids is 3. The highest BCUT2D eigenvalue weighted by Gasteiger charge is 2.23.